The molecule has 0 radical (unpaired) electrons. The Hall–Kier alpha value is -3.54. The smallest absolute Gasteiger partial charge is 0.169 e. The van der Waals surface area contributed by atoms with E-state index in [-0.39, 0.29) is 0 Å². The van der Waals surface area contributed by atoms with Crippen LogP contribution in [0.1, 0.15) is 55.6 Å². The number of alkyl halides is 6. The van der Waals surface area contributed by atoms with E-state index in [0.29, 0.717) is 22.3 Å². The summed E-state index contributed by atoms with van der Waals surface area (Å²) in [5.41, 5.74) is 4.33. The molecule has 41 heavy (non-hydrogen) atoms. The summed E-state index contributed by atoms with van der Waals surface area (Å²) in [6.07, 6.45) is -11.1. The van der Waals surface area contributed by atoms with Crippen molar-refractivity contribution < 1.29 is 26.3 Å². The van der Waals surface area contributed by atoms with Crippen LogP contribution in [-0.4, -0.2) is 12.4 Å². The molecule has 0 amide bonds. The average molecular weight is 571 g/mol. The van der Waals surface area contributed by atoms with Crippen LogP contribution in [-0.2, 0) is 5.41 Å². The number of hydrogen-bond acceptors (Lipinski definition) is 0. The zero-order chi connectivity index (χ0) is 30.9. The summed E-state index contributed by atoms with van der Waals surface area (Å²) in [4.78, 5) is 0. The number of halogens is 6. The molecule has 218 valence electrons. The lowest BCUT2D eigenvalue weighted by atomic mass is 9.71. The van der Waals surface area contributed by atoms with Gasteiger partial charge >= 0.3 is 12.4 Å². The number of benzene rings is 4. The first-order valence-electron chi connectivity index (χ1n) is 13.3. The van der Waals surface area contributed by atoms with Crippen LogP contribution in [0.4, 0.5) is 26.3 Å². The van der Waals surface area contributed by atoms with Gasteiger partial charge in [0.05, 0.1) is 0 Å². The molecule has 0 N–H and O–H groups in total. The van der Waals surface area contributed by atoms with Gasteiger partial charge in [0.25, 0.3) is 0 Å². The zero-order valence-corrected chi connectivity index (χ0v) is 24.7. The Morgan fingerprint density at radius 1 is 0.341 bits per heavy atom. The first-order chi connectivity index (χ1) is 18.9. The lowest BCUT2D eigenvalue weighted by Gasteiger charge is -2.38. The van der Waals surface area contributed by atoms with E-state index in [2.05, 4.69) is 64.1 Å². The highest BCUT2D eigenvalue weighted by Gasteiger charge is 2.72. The van der Waals surface area contributed by atoms with Crippen molar-refractivity contribution in [1.29, 1.82) is 0 Å². The Morgan fingerprint density at radius 2 is 0.610 bits per heavy atom. The monoisotopic (exact) mass is 570 g/mol. The predicted octanol–water partition coefficient (Wildman–Crippen LogP) is 10.9. The molecule has 0 aliphatic carbocycles. The van der Waals surface area contributed by atoms with Crippen LogP contribution in [0, 0.1) is 55.4 Å². The van der Waals surface area contributed by atoms with Crippen molar-refractivity contribution in [3.8, 4) is 11.1 Å². The van der Waals surface area contributed by atoms with Crippen LogP contribution >= 0.6 is 0 Å². The van der Waals surface area contributed by atoms with Crippen molar-refractivity contribution in [2.24, 2.45) is 0 Å². The normalized spacial score (nSPS) is 12.1. The Kier molecular flexibility index (Phi) is 9.17. The largest absolute Gasteiger partial charge is 0.411 e. The molecule has 0 aromatic heterocycles. The van der Waals surface area contributed by atoms with Gasteiger partial charge in [0.2, 0.25) is 5.41 Å². The number of aryl methyl sites for hydroxylation is 8. The highest BCUT2D eigenvalue weighted by molar-refractivity contribution is 5.66. The van der Waals surface area contributed by atoms with Gasteiger partial charge in [-0.05, 0) is 122 Å². The molecule has 0 spiro atoms. The van der Waals surface area contributed by atoms with Gasteiger partial charge in [-0.25, -0.2) is 0 Å². The minimum absolute atomic E-state index is 0.374. The van der Waals surface area contributed by atoms with Crippen molar-refractivity contribution in [3.05, 3.63) is 128 Å². The second-order valence-corrected chi connectivity index (χ2v) is 10.9. The van der Waals surface area contributed by atoms with E-state index in [1.807, 2.05) is 0 Å². The second kappa shape index (κ2) is 11.8. The Balaban J connectivity index is 0.000000248. The molecular weight excluding hydrogens is 534 g/mol. The quantitative estimate of drug-likeness (QED) is 0.215. The first kappa shape index (κ1) is 32.0. The van der Waals surface area contributed by atoms with Crippen LogP contribution in [0.15, 0.2) is 72.8 Å². The zero-order valence-electron chi connectivity index (χ0n) is 24.7. The summed E-state index contributed by atoms with van der Waals surface area (Å²) < 4.78 is 83.9. The van der Waals surface area contributed by atoms with E-state index in [1.165, 1.54) is 59.4 Å². The molecule has 0 aliphatic rings. The maximum atomic E-state index is 14.0. The second-order valence-electron chi connectivity index (χ2n) is 10.9. The summed E-state index contributed by atoms with van der Waals surface area (Å²) in [6, 6.07) is 19.7. The van der Waals surface area contributed by atoms with E-state index in [0.717, 1.165) is 24.3 Å². The predicted molar refractivity (Wildman–Crippen MR) is 156 cm³/mol. The fraction of sp³-hybridized carbons (Fsp3) is 0.314. The highest BCUT2D eigenvalue weighted by atomic mass is 19.4. The van der Waals surface area contributed by atoms with Crippen molar-refractivity contribution in [2.75, 3.05) is 0 Å². The minimum atomic E-state index is -5.55. The van der Waals surface area contributed by atoms with Crippen LogP contribution in [0.3, 0.4) is 0 Å². The van der Waals surface area contributed by atoms with E-state index in [4.69, 9.17) is 0 Å². The Labute approximate surface area is 239 Å². The third-order valence-corrected chi connectivity index (χ3v) is 8.08. The number of rotatable bonds is 3. The molecule has 0 fully saturated rings. The van der Waals surface area contributed by atoms with E-state index in [9.17, 15) is 26.3 Å². The van der Waals surface area contributed by atoms with Crippen molar-refractivity contribution in [1.82, 2.24) is 0 Å². The fourth-order valence-electron chi connectivity index (χ4n) is 4.77. The first-order valence-corrected chi connectivity index (χ1v) is 13.3. The topological polar surface area (TPSA) is 0 Å². The van der Waals surface area contributed by atoms with Crippen LogP contribution in [0.2, 0.25) is 0 Å². The molecule has 0 unspecified atom stereocenters. The fourth-order valence-corrected chi connectivity index (χ4v) is 4.77. The molecule has 4 rings (SSSR count). The number of hydrogen-bond donors (Lipinski definition) is 0. The minimum Gasteiger partial charge on any atom is -0.169 e. The summed E-state index contributed by atoms with van der Waals surface area (Å²) in [5.74, 6) is 0. The third kappa shape index (κ3) is 6.37. The van der Waals surface area contributed by atoms with Gasteiger partial charge in [0.15, 0.2) is 0 Å². The Morgan fingerprint density at radius 3 is 0.854 bits per heavy atom. The molecule has 0 heterocycles. The molecule has 4 aromatic rings. The molecule has 0 saturated heterocycles. The molecule has 0 nitrogen and oxygen atoms in total. The van der Waals surface area contributed by atoms with Gasteiger partial charge in [-0.1, -0.05) is 72.8 Å². The van der Waals surface area contributed by atoms with E-state index >= 15 is 0 Å². The standard InChI is InChI=1S/C19H18F6.C16H18/c1-11-5-7-15(9-13(11)3)17(18(20,21)22,19(23,24)25)16-8-6-12(2)14(4)10-16;1-11-5-7-15(9-13(11)3)16-8-6-12(2)14(4)10-16/h5-10H,1-4H3;5-10H,1-4H3. The van der Waals surface area contributed by atoms with E-state index in [1.54, 1.807) is 13.8 Å². The van der Waals surface area contributed by atoms with Crippen molar-refractivity contribution in [2.45, 2.75) is 73.2 Å². The molecule has 0 saturated carbocycles. The maximum absolute atomic E-state index is 14.0. The van der Waals surface area contributed by atoms with Crippen molar-refractivity contribution in [3.63, 3.8) is 0 Å². The summed E-state index contributed by atoms with van der Waals surface area (Å²) in [7, 11) is 0. The van der Waals surface area contributed by atoms with Gasteiger partial charge in [-0.3, -0.25) is 0 Å². The molecule has 0 bridgehead atoms. The molecular formula is C35H36F6. The van der Waals surface area contributed by atoms with Gasteiger partial charge in [-0.15, -0.1) is 0 Å². The average Bonchev–Trinajstić information content (AvgIpc) is 2.86. The van der Waals surface area contributed by atoms with Crippen LogP contribution in [0.25, 0.3) is 11.1 Å². The summed E-state index contributed by atoms with van der Waals surface area (Å²) in [5, 5.41) is 0. The van der Waals surface area contributed by atoms with Crippen molar-refractivity contribution >= 4 is 0 Å². The molecule has 0 aliphatic heterocycles. The van der Waals surface area contributed by atoms with E-state index < -0.39 is 28.9 Å². The van der Waals surface area contributed by atoms with Gasteiger partial charge < -0.3 is 0 Å². The Bertz CT molecular complexity index is 1420. The molecule has 4 aromatic carbocycles. The molecule has 0 atom stereocenters. The van der Waals surface area contributed by atoms with Gasteiger partial charge in [0.1, 0.15) is 0 Å². The van der Waals surface area contributed by atoms with Crippen LogP contribution in [0.5, 0.6) is 0 Å². The lowest BCUT2D eigenvalue weighted by Crippen LogP contribution is -2.54. The maximum Gasteiger partial charge on any atom is 0.411 e. The third-order valence-electron chi connectivity index (χ3n) is 8.08. The summed E-state index contributed by atoms with van der Waals surface area (Å²) in [6.45, 7) is 14.9. The van der Waals surface area contributed by atoms with Gasteiger partial charge in [-0.2, -0.15) is 26.3 Å². The summed E-state index contributed by atoms with van der Waals surface area (Å²) >= 11 is 0. The SMILES string of the molecule is Cc1ccc(-c2ccc(C)c(C)c2)cc1C.Cc1ccc(C(c2ccc(C)c(C)c2)(C(F)(F)F)C(F)(F)F)cc1C. The highest BCUT2D eigenvalue weighted by Crippen LogP contribution is 2.56. The lowest BCUT2D eigenvalue weighted by molar-refractivity contribution is -0.288. The molecule has 6 heteroatoms. The van der Waals surface area contributed by atoms with Crippen LogP contribution < -0.4 is 0 Å². The van der Waals surface area contributed by atoms with Gasteiger partial charge in [0, 0.05) is 0 Å².